The van der Waals surface area contributed by atoms with E-state index in [2.05, 4.69) is 20.2 Å². The van der Waals surface area contributed by atoms with E-state index in [4.69, 9.17) is 14.2 Å². The van der Waals surface area contributed by atoms with E-state index in [-0.39, 0.29) is 6.10 Å². The van der Waals surface area contributed by atoms with Crippen molar-refractivity contribution in [1.29, 1.82) is 0 Å². The van der Waals surface area contributed by atoms with Crippen LogP contribution in [0.5, 0.6) is 0 Å². The van der Waals surface area contributed by atoms with Crippen LogP contribution in [0.15, 0.2) is 6.07 Å². The molecule has 3 heterocycles. The molecule has 0 aliphatic carbocycles. The van der Waals surface area contributed by atoms with Crippen molar-refractivity contribution >= 4 is 5.82 Å². The lowest BCUT2D eigenvalue weighted by Gasteiger charge is -2.39. The molecule has 7 heteroatoms. The van der Waals surface area contributed by atoms with Gasteiger partial charge in [-0.15, -0.1) is 0 Å². The van der Waals surface area contributed by atoms with Gasteiger partial charge in [0.2, 0.25) is 0 Å². The van der Waals surface area contributed by atoms with Gasteiger partial charge in [-0.1, -0.05) is 0 Å². The van der Waals surface area contributed by atoms with Crippen molar-refractivity contribution in [2.75, 3.05) is 58.5 Å². The van der Waals surface area contributed by atoms with Gasteiger partial charge in [-0.05, 0) is 19.8 Å². The zero-order valence-corrected chi connectivity index (χ0v) is 14.7. The van der Waals surface area contributed by atoms with Crippen LogP contribution in [0.25, 0.3) is 0 Å². The van der Waals surface area contributed by atoms with Gasteiger partial charge in [0.1, 0.15) is 17.7 Å². The molecule has 1 N–H and O–H groups in total. The Balaban J connectivity index is 1.65. The Hall–Kier alpha value is -1.28. The van der Waals surface area contributed by atoms with Crippen molar-refractivity contribution in [2.24, 2.45) is 0 Å². The van der Waals surface area contributed by atoms with Gasteiger partial charge >= 0.3 is 0 Å². The third kappa shape index (κ3) is 4.63. The van der Waals surface area contributed by atoms with Crippen LogP contribution in [0, 0.1) is 6.92 Å². The zero-order chi connectivity index (χ0) is 16.8. The fraction of sp³-hybridized carbons (Fsp3) is 0.765. The van der Waals surface area contributed by atoms with Crippen molar-refractivity contribution in [3.05, 3.63) is 17.6 Å². The lowest BCUT2D eigenvalue weighted by molar-refractivity contribution is -0.0647. The number of aromatic nitrogens is 2. The molecule has 0 saturated carbocycles. The summed E-state index contributed by atoms with van der Waals surface area (Å²) in [6, 6.07) is 2.60. The molecule has 134 valence electrons. The van der Waals surface area contributed by atoms with Gasteiger partial charge in [0.15, 0.2) is 0 Å². The van der Waals surface area contributed by atoms with Gasteiger partial charge < -0.3 is 19.5 Å². The number of methoxy groups -OCH3 is 1. The molecule has 0 unspecified atom stereocenters. The number of aryl methyl sites for hydroxylation is 1. The first kappa shape index (κ1) is 17.5. The van der Waals surface area contributed by atoms with Crippen LogP contribution >= 0.6 is 0 Å². The Morgan fingerprint density at radius 3 is 2.92 bits per heavy atom. The highest BCUT2D eigenvalue weighted by Gasteiger charge is 2.29. The van der Waals surface area contributed by atoms with Crippen LogP contribution in [0.1, 0.15) is 30.5 Å². The number of nitrogens with one attached hydrogen (secondary N) is 1. The van der Waals surface area contributed by atoms with E-state index in [1.807, 2.05) is 13.0 Å². The van der Waals surface area contributed by atoms with Crippen LogP contribution < -0.4 is 5.32 Å². The average Bonchev–Trinajstić information content (AvgIpc) is 2.62. The molecule has 0 bridgehead atoms. The third-order valence-corrected chi connectivity index (χ3v) is 4.61. The van der Waals surface area contributed by atoms with E-state index in [9.17, 15) is 0 Å². The first-order valence-electron chi connectivity index (χ1n) is 8.78. The first-order valence-corrected chi connectivity index (χ1v) is 8.78. The molecule has 2 fully saturated rings. The summed E-state index contributed by atoms with van der Waals surface area (Å²) in [5.41, 5.74) is 0.958. The minimum Gasteiger partial charge on any atom is -0.383 e. The standard InChI is InChI=1S/C17H28N4O3/c1-13-19-15(11-17(20-13)18-5-9-22-2)16-12-21(6-10-24-16)14-3-7-23-8-4-14/h11,14,16H,3-10,12H2,1-2H3,(H,18,19,20)/t16-/m1/s1. The predicted molar refractivity (Wildman–Crippen MR) is 91.2 cm³/mol. The molecular weight excluding hydrogens is 308 g/mol. The Morgan fingerprint density at radius 2 is 2.12 bits per heavy atom. The quantitative estimate of drug-likeness (QED) is 0.787. The van der Waals surface area contributed by atoms with Gasteiger partial charge in [0.05, 0.1) is 18.9 Å². The molecule has 1 aromatic rings. The van der Waals surface area contributed by atoms with Crippen LogP contribution in [-0.2, 0) is 14.2 Å². The summed E-state index contributed by atoms with van der Waals surface area (Å²) in [4.78, 5) is 11.6. The second-order valence-corrected chi connectivity index (χ2v) is 6.34. The Kier molecular flexibility index (Phi) is 6.37. The Morgan fingerprint density at radius 1 is 1.29 bits per heavy atom. The summed E-state index contributed by atoms with van der Waals surface area (Å²) in [6.07, 6.45) is 2.23. The summed E-state index contributed by atoms with van der Waals surface area (Å²) in [5, 5.41) is 3.28. The van der Waals surface area contributed by atoms with Gasteiger partial charge in [0, 0.05) is 52.1 Å². The number of morpholine rings is 1. The number of nitrogens with zero attached hydrogens (tertiary/aromatic N) is 3. The van der Waals surface area contributed by atoms with Crippen LogP contribution in [0.3, 0.4) is 0 Å². The SMILES string of the molecule is COCCNc1cc([C@H]2CN(C3CCOCC3)CCO2)nc(C)n1. The number of hydrogen-bond donors (Lipinski definition) is 1. The molecule has 2 aliphatic rings. The molecule has 0 radical (unpaired) electrons. The maximum Gasteiger partial charge on any atom is 0.130 e. The molecule has 24 heavy (non-hydrogen) atoms. The predicted octanol–water partition coefficient (Wildman–Crippen LogP) is 1.40. The minimum atomic E-state index is 0.00581. The van der Waals surface area contributed by atoms with Gasteiger partial charge in [-0.3, -0.25) is 4.90 Å². The smallest absolute Gasteiger partial charge is 0.130 e. The zero-order valence-electron chi connectivity index (χ0n) is 14.7. The molecule has 0 amide bonds. The molecule has 3 rings (SSSR count). The van der Waals surface area contributed by atoms with Crippen molar-refractivity contribution in [1.82, 2.24) is 14.9 Å². The molecule has 1 aromatic heterocycles. The highest BCUT2D eigenvalue weighted by atomic mass is 16.5. The van der Waals surface area contributed by atoms with Gasteiger partial charge in [-0.2, -0.15) is 0 Å². The molecule has 2 saturated heterocycles. The lowest BCUT2D eigenvalue weighted by Crippen LogP contribution is -2.47. The summed E-state index contributed by atoms with van der Waals surface area (Å²) < 4.78 is 16.6. The van der Waals surface area contributed by atoms with Crippen molar-refractivity contribution < 1.29 is 14.2 Å². The maximum atomic E-state index is 6.01. The summed E-state index contributed by atoms with van der Waals surface area (Å²) >= 11 is 0. The average molecular weight is 336 g/mol. The van der Waals surface area contributed by atoms with E-state index < -0.39 is 0 Å². The molecule has 2 aliphatic heterocycles. The van der Waals surface area contributed by atoms with Crippen molar-refractivity contribution in [3.8, 4) is 0 Å². The van der Waals surface area contributed by atoms with Gasteiger partial charge in [-0.25, -0.2) is 9.97 Å². The van der Waals surface area contributed by atoms with E-state index in [0.29, 0.717) is 12.6 Å². The second-order valence-electron chi connectivity index (χ2n) is 6.34. The number of hydrogen-bond acceptors (Lipinski definition) is 7. The first-order chi connectivity index (χ1) is 11.8. The van der Waals surface area contributed by atoms with E-state index in [1.165, 1.54) is 0 Å². The maximum absolute atomic E-state index is 6.01. The fourth-order valence-corrected chi connectivity index (χ4v) is 3.36. The van der Waals surface area contributed by atoms with E-state index >= 15 is 0 Å². The third-order valence-electron chi connectivity index (χ3n) is 4.61. The van der Waals surface area contributed by atoms with E-state index in [1.54, 1.807) is 7.11 Å². The van der Waals surface area contributed by atoms with Crippen molar-refractivity contribution in [3.63, 3.8) is 0 Å². The highest BCUT2D eigenvalue weighted by molar-refractivity contribution is 5.36. The van der Waals surface area contributed by atoms with Crippen LogP contribution in [-0.4, -0.2) is 74.1 Å². The molecule has 0 aromatic carbocycles. The molecule has 1 atom stereocenters. The minimum absolute atomic E-state index is 0.00581. The van der Waals surface area contributed by atoms with Crippen molar-refractivity contribution in [2.45, 2.75) is 31.9 Å². The van der Waals surface area contributed by atoms with Gasteiger partial charge in [0.25, 0.3) is 0 Å². The topological polar surface area (TPSA) is 68.7 Å². The fourth-order valence-electron chi connectivity index (χ4n) is 3.36. The molecule has 0 spiro atoms. The normalized spacial score (nSPS) is 23.3. The van der Waals surface area contributed by atoms with Crippen LogP contribution in [0.4, 0.5) is 5.82 Å². The summed E-state index contributed by atoms with van der Waals surface area (Å²) in [7, 11) is 1.69. The van der Waals surface area contributed by atoms with E-state index in [0.717, 1.165) is 69.6 Å². The molecule has 7 nitrogen and oxygen atoms in total. The number of ether oxygens (including phenoxy) is 3. The summed E-state index contributed by atoms with van der Waals surface area (Å²) in [5.74, 6) is 1.60. The highest BCUT2D eigenvalue weighted by Crippen LogP contribution is 2.26. The second kappa shape index (κ2) is 8.71. The van der Waals surface area contributed by atoms with Crippen LogP contribution in [0.2, 0.25) is 0 Å². The summed E-state index contributed by atoms with van der Waals surface area (Å²) in [6.45, 7) is 7.66. The lowest BCUT2D eigenvalue weighted by atomic mass is 10.0. The number of anilines is 1. The monoisotopic (exact) mass is 336 g/mol. The Bertz CT molecular complexity index is 523. The Labute approximate surface area is 143 Å². The molecular formula is C17H28N4O3. The largest absolute Gasteiger partial charge is 0.383 e. The number of rotatable bonds is 6.